The van der Waals surface area contributed by atoms with Gasteiger partial charge in [-0.15, -0.1) is 0 Å². The maximum absolute atomic E-state index is 13.3. The zero-order valence-electron chi connectivity index (χ0n) is 24.0. The van der Waals surface area contributed by atoms with Crippen LogP contribution in [0.3, 0.4) is 0 Å². The van der Waals surface area contributed by atoms with Crippen molar-refractivity contribution in [2.24, 2.45) is 0 Å². The Kier molecular flexibility index (Phi) is 6.70. The van der Waals surface area contributed by atoms with Gasteiger partial charge in [-0.1, -0.05) is 6.07 Å². The third-order valence-electron chi connectivity index (χ3n) is 7.55. The Morgan fingerprint density at radius 2 is 1.95 bits per heavy atom. The van der Waals surface area contributed by atoms with Crippen LogP contribution in [0.4, 0.5) is 0 Å². The molecule has 7 nitrogen and oxygen atoms in total. The van der Waals surface area contributed by atoms with Gasteiger partial charge in [0.15, 0.2) is 5.78 Å². The molecule has 6 rings (SSSR count). The van der Waals surface area contributed by atoms with Gasteiger partial charge in [0.05, 0.1) is 29.8 Å². The van der Waals surface area contributed by atoms with Crippen LogP contribution in [-0.4, -0.2) is 32.5 Å². The smallest absolute Gasteiger partial charge is 0.251 e. The first-order valence-corrected chi connectivity index (χ1v) is 13.9. The molecule has 0 unspecified atom stereocenters. The Morgan fingerprint density at radius 1 is 1.12 bits per heavy atom. The van der Waals surface area contributed by atoms with Gasteiger partial charge in [0, 0.05) is 47.4 Å². The van der Waals surface area contributed by atoms with E-state index in [0.29, 0.717) is 13.2 Å². The molecule has 0 N–H and O–H groups in total. The first-order valence-electron chi connectivity index (χ1n) is 13.9. The third kappa shape index (κ3) is 4.91. The third-order valence-corrected chi connectivity index (χ3v) is 7.55. The van der Waals surface area contributed by atoms with Crippen molar-refractivity contribution in [2.45, 2.75) is 59.3 Å². The molecule has 0 saturated heterocycles. The molecule has 0 saturated carbocycles. The van der Waals surface area contributed by atoms with E-state index in [9.17, 15) is 9.59 Å². The number of hydrogen-bond acceptors (Lipinski definition) is 6. The second kappa shape index (κ2) is 10.2. The second-order valence-electron chi connectivity index (χ2n) is 11.7. The highest BCUT2D eigenvalue weighted by atomic mass is 16.5. The van der Waals surface area contributed by atoms with Crippen molar-refractivity contribution in [3.05, 3.63) is 99.7 Å². The van der Waals surface area contributed by atoms with E-state index in [1.807, 2.05) is 76.4 Å². The van der Waals surface area contributed by atoms with E-state index in [0.717, 1.165) is 61.8 Å². The van der Waals surface area contributed by atoms with Gasteiger partial charge in [-0.2, -0.15) is 0 Å². The highest BCUT2D eigenvalue weighted by Crippen LogP contribution is 2.45. The Hall–Kier alpha value is -4.36. The molecular formula is C34H33N3O4. The molecule has 0 fully saturated rings. The standard InChI is InChI=1S/C34H33N3O4/c1-20-17-26-24(9-11-28(39)37(26)19-22-7-6-14-35-18-22)31(29(20)33(21(2)38)41-34(3,4)5)25-8-10-27-30-23(13-16-40-27)12-15-36-32(25)30/h6-12,14-15,17-18,33H,13,16,19H2,1-5H3/t33-/m1/s1. The molecule has 1 aliphatic heterocycles. The highest BCUT2D eigenvalue weighted by molar-refractivity contribution is 6.08. The van der Waals surface area contributed by atoms with Crippen molar-refractivity contribution in [2.75, 3.05) is 6.61 Å². The number of aromatic nitrogens is 3. The summed E-state index contributed by atoms with van der Waals surface area (Å²) in [4.78, 5) is 35.6. The number of ketones is 1. The number of Topliss-reactive ketones (excluding diaryl/α,β-unsaturated/α-hetero) is 1. The zero-order chi connectivity index (χ0) is 28.9. The fourth-order valence-corrected chi connectivity index (χ4v) is 5.85. The number of pyridine rings is 3. The molecule has 0 amide bonds. The Bertz CT molecular complexity index is 1860. The van der Waals surface area contributed by atoms with Gasteiger partial charge in [0.25, 0.3) is 5.56 Å². The molecular weight excluding hydrogens is 514 g/mol. The maximum atomic E-state index is 13.3. The monoisotopic (exact) mass is 547 g/mol. The summed E-state index contributed by atoms with van der Waals surface area (Å²) in [6, 6.07) is 15.3. The van der Waals surface area contributed by atoms with Crippen LogP contribution in [0, 0.1) is 6.92 Å². The molecule has 1 aliphatic rings. The first-order chi connectivity index (χ1) is 19.6. The van der Waals surface area contributed by atoms with Crippen molar-refractivity contribution in [3.8, 4) is 16.9 Å². The molecule has 2 aromatic carbocycles. The van der Waals surface area contributed by atoms with E-state index >= 15 is 0 Å². The minimum Gasteiger partial charge on any atom is -0.493 e. The molecule has 0 bridgehead atoms. The number of nitrogens with zero attached hydrogens (tertiary/aromatic N) is 3. The molecule has 7 heteroatoms. The molecule has 0 radical (unpaired) electrons. The number of hydrogen-bond donors (Lipinski definition) is 0. The second-order valence-corrected chi connectivity index (χ2v) is 11.7. The lowest BCUT2D eigenvalue weighted by Gasteiger charge is -2.30. The van der Waals surface area contributed by atoms with Gasteiger partial charge in [-0.05, 0) is 98.8 Å². The summed E-state index contributed by atoms with van der Waals surface area (Å²) in [5, 5.41) is 1.83. The lowest BCUT2D eigenvalue weighted by molar-refractivity contribution is -0.138. The van der Waals surface area contributed by atoms with E-state index in [1.54, 1.807) is 30.0 Å². The van der Waals surface area contributed by atoms with Gasteiger partial charge in [0.2, 0.25) is 0 Å². The molecule has 5 aromatic rings. The van der Waals surface area contributed by atoms with Crippen LogP contribution in [0.1, 0.15) is 56.1 Å². The number of benzene rings is 2. The zero-order valence-corrected chi connectivity index (χ0v) is 24.0. The number of carbonyl (C=O) groups is 1. The fraction of sp³-hybridized carbons (Fsp3) is 0.294. The quantitative estimate of drug-likeness (QED) is 0.246. The molecule has 41 heavy (non-hydrogen) atoms. The van der Waals surface area contributed by atoms with Crippen molar-refractivity contribution < 1.29 is 14.3 Å². The van der Waals surface area contributed by atoms with Gasteiger partial charge >= 0.3 is 0 Å². The van der Waals surface area contributed by atoms with Crippen molar-refractivity contribution >= 4 is 27.6 Å². The average Bonchev–Trinajstić information content (AvgIpc) is 2.94. The minimum atomic E-state index is -0.810. The normalized spacial score (nSPS) is 13.8. The van der Waals surface area contributed by atoms with Crippen molar-refractivity contribution in [1.82, 2.24) is 14.5 Å². The van der Waals surface area contributed by atoms with Gasteiger partial charge in [-0.25, -0.2) is 0 Å². The predicted molar refractivity (Wildman–Crippen MR) is 160 cm³/mol. The van der Waals surface area contributed by atoms with Crippen molar-refractivity contribution in [1.29, 1.82) is 0 Å². The van der Waals surface area contributed by atoms with E-state index < -0.39 is 11.7 Å². The summed E-state index contributed by atoms with van der Waals surface area (Å²) in [6.45, 7) is 10.4. The molecule has 1 atom stereocenters. The Morgan fingerprint density at radius 3 is 2.68 bits per heavy atom. The topological polar surface area (TPSA) is 83.3 Å². The lowest BCUT2D eigenvalue weighted by atomic mass is 9.85. The van der Waals surface area contributed by atoms with Crippen LogP contribution in [0.5, 0.6) is 5.75 Å². The number of fused-ring (bicyclic) bond motifs is 1. The van der Waals surface area contributed by atoms with E-state index in [-0.39, 0.29) is 11.3 Å². The summed E-state index contributed by atoms with van der Waals surface area (Å²) >= 11 is 0. The summed E-state index contributed by atoms with van der Waals surface area (Å²) < 4.78 is 14.2. The average molecular weight is 548 g/mol. The van der Waals surface area contributed by atoms with E-state index in [4.69, 9.17) is 14.5 Å². The Balaban J connectivity index is 1.73. The van der Waals surface area contributed by atoms with Crippen molar-refractivity contribution in [3.63, 3.8) is 0 Å². The van der Waals surface area contributed by atoms with Crippen LogP contribution in [0.15, 0.2) is 71.9 Å². The number of ether oxygens (including phenoxy) is 2. The van der Waals surface area contributed by atoms with Gasteiger partial charge in [-0.3, -0.25) is 19.6 Å². The minimum absolute atomic E-state index is 0.0914. The van der Waals surface area contributed by atoms with Crippen LogP contribution in [0.2, 0.25) is 0 Å². The van der Waals surface area contributed by atoms with E-state index in [1.165, 1.54) is 5.56 Å². The molecule has 0 aliphatic carbocycles. The van der Waals surface area contributed by atoms with Gasteiger partial charge < -0.3 is 14.0 Å². The molecule has 3 aromatic heterocycles. The Labute approximate surface area is 238 Å². The summed E-state index contributed by atoms with van der Waals surface area (Å²) in [5.74, 6) is 0.713. The number of aryl methyl sites for hydroxylation is 1. The highest BCUT2D eigenvalue weighted by Gasteiger charge is 2.31. The van der Waals surface area contributed by atoms with Gasteiger partial charge in [0.1, 0.15) is 11.9 Å². The SMILES string of the molecule is CC(=O)[C@@H](OC(C)(C)C)c1c(C)cc2c(ccc(=O)n2Cc2cccnc2)c1-c1ccc2c3c(ccnc13)CCO2. The predicted octanol–water partition coefficient (Wildman–Crippen LogP) is 6.35. The largest absolute Gasteiger partial charge is 0.493 e. The first kappa shape index (κ1) is 26.8. The van der Waals surface area contributed by atoms with Crippen LogP contribution in [0.25, 0.3) is 32.9 Å². The number of carbonyl (C=O) groups excluding carboxylic acids is 1. The lowest BCUT2D eigenvalue weighted by Crippen LogP contribution is -2.27. The number of rotatable bonds is 6. The van der Waals surface area contributed by atoms with Crippen LogP contribution in [-0.2, 0) is 22.5 Å². The summed E-state index contributed by atoms with van der Waals surface area (Å²) in [6.07, 6.45) is 5.31. The molecule has 4 heterocycles. The fourth-order valence-electron chi connectivity index (χ4n) is 5.85. The van der Waals surface area contributed by atoms with Crippen LogP contribution >= 0.6 is 0 Å². The maximum Gasteiger partial charge on any atom is 0.251 e. The van der Waals surface area contributed by atoms with E-state index in [2.05, 4.69) is 4.98 Å². The summed E-state index contributed by atoms with van der Waals surface area (Å²) in [5.41, 5.74) is 6.34. The van der Waals surface area contributed by atoms with Crippen LogP contribution < -0.4 is 10.3 Å². The molecule has 0 spiro atoms. The summed E-state index contributed by atoms with van der Waals surface area (Å²) in [7, 11) is 0. The molecule has 208 valence electrons.